The second-order valence-corrected chi connectivity index (χ2v) is 4.47. The highest BCUT2D eigenvalue weighted by Crippen LogP contribution is 2.26. The standard InChI is InChI=1S/C13H19N3/c1-9(7-14)6-12(15)11-8-16-13-5-3-2-4-10(11)13/h2-5,8-9,12,16H,6-7,14-15H2,1H3. The summed E-state index contributed by atoms with van der Waals surface area (Å²) in [5.74, 6) is 0.462. The Morgan fingerprint density at radius 2 is 2.06 bits per heavy atom. The second-order valence-electron chi connectivity index (χ2n) is 4.47. The number of fused-ring (bicyclic) bond motifs is 1. The summed E-state index contributed by atoms with van der Waals surface area (Å²) in [5, 5.41) is 1.22. The molecule has 0 saturated heterocycles. The maximum atomic E-state index is 6.21. The molecule has 86 valence electrons. The first-order valence-corrected chi connectivity index (χ1v) is 5.74. The number of aromatic nitrogens is 1. The summed E-state index contributed by atoms with van der Waals surface area (Å²) in [6.07, 6.45) is 2.94. The van der Waals surface area contributed by atoms with Gasteiger partial charge in [0.2, 0.25) is 0 Å². The van der Waals surface area contributed by atoms with Gasteiger partial charge >= 0.3 is 0 Å². The molecule has 2 atom stereocenters. The molecule has 16 heavy (non-hydrogen) atoms. The second kappa shape index (κ2) is 4.68. The van der Waals surface area contributed by atoms with Crippen molar-refractivity contribution in [2.45, 2.75) is 19.4 Å². The van der Waals surface area contributed by atoms with Gasteiger partial charge in [-0.3, -0.25) is 0 Å². The van der Waals surface area contributed by atoms with Crippen LogP contribution in [0.15, 0.2) is 30.5 Å². The van der Waals surface area contributed by atoms with Crippen LogP contribution >= 0.6 is 0 Å². The molecule has 0 aliphatic carbocycles. The van der Waals surface area contributed by atoms with E-state index in [9.17, 15) is 0 Å². The lowest BCUT2D eigenvalue weighted by atomic mass is 9.96. The van der Waals surface area contributed by atoms with Crippen molar-refractivity contribution >= 4 is 10.9 Å². The fraction of sp³-hybridized carbons (Fsp3) is 0.385. The highest BCUT2D eigenvalue weighted by molar-refractivity contribution is 5.83. The van der Waals surface area contributed by atoms with Gasteiger partial charge in [0.15, 0.2) is 0 Å². The van der Waals surface area contributed by atoms with E-state index in [4.69, 9.17) is 11.5 Å². The SMILES string of the molecule is CC(CN)CC(N)c1c[nH]c2ccccc12. The summed E-state index contributed by atoms with van der Waals surface area (Å²) in [6.45, 7) is 2.82. The Labute approximate surface area is 95.8 Å². The number of hydrogen-bond acceptors (Lipinski definition) is 2. The molecule has 1 heterocycles. The van der Waals surface area contributed by atoms with Crippen molar-refractivity contribution in [2.24, 2.45) is 17.4 Å². The normalized spacial score (nSPS) is 15.2. The van der Waals surface area contributed by atoms with Crippen molar-refractivity contribution < 1.29 is 0 Å². The lowest BCUT2D eigenvalue weighted by Crippen LogP contribution is -2.19. The van der Waals surface area contributed by atoms with Crippen LogP contribution in [0.25, 0.3) is 10.9 Å². The van der Waals surface area contributed by atoms with Gasteiger partial charge in [0.25, 0.3) is 0 Å². The third kappa shape index (κ3) is 2.10. The molecule has 1 aromatic carbocycles. The highest BCUT2D eigenvalue weighted by atomic mass is 14.7. The third-order valence-electron chi connectivity index (χ3n) is 3.08. The molecule has 0 aliphatic heterocycles. The molecule has 0 amide bonds. The van der Waals surface area contributed by atoms with Crippen LogP contribution in [-0.2, 0) is 0 Å². The smallest absolute Gasteiger partial charge is 0.0457 e. The molecule has 0 bridgehead atoms. The topological polar surface area (TPSA) is 67.8 Å². The predicted octanol–water partition coefficient (Wildman–Crippen LogP) is 2.15. The highest BCUT2D eigenvalue weighted by Gasteiger charge is 2.13. The molecular formula is C13H19N3. The zero-order valence-electron chi connectivity index (χ0n) is 9.61. The summed E-state index contributed by atoms with van der Waals surface area (Å²) in [5.41, 5.74) is 14.2. The zero-order valence-corrected chi connectivity index (χ0v) is 9.61. The molecule has 3 nitrogen and oxygen atoms in total. The maximum absolute atomic E-state index is 6.21. The van der Waals surface area contributed by atoms with E-state index in [2.05, 4.69) is 24.0 Å². The first kappa shape index (κ1) is 11.2. The molecule has 0 aliphatic rings. The van der Waals surface area contributed by atoms with E-state index in [1.54, 1.807) is 0 Å². The number of benzene rings is 1. The number of rotatable bonds is 4. The van der Waals surface area contributed by atoms with Gasteiger partial charge in [-0.2, -0.15) is 0 Å². The van der Waals surface area contributed by atoms with Crippen LogP contribution in [0.2, 0.25) is 0 Å². The van der Waals surface area contributed by atoms with Gasteiger partial charge in [-0.1, -0.05) is 25.1 Å². The molecule has 1 aromatic heterocycles. The van der Waals surface area contributed by atoms with Crippen LogP contribution < -0.4 is 11.5 Å². The van der Waals surface area contributed by atoms with E-state index < -0.39 is 0 Å². The molecule has 3 heteroatoms. The molecule has 0 saturated carbocycles. The number of para-hydroxylation sites is 1. The minimum Gasteiger partial charge on any atom is -0.361 e. The van der Waals surface area contributed by atoms with Gasteiger partial charge < -0.3 is 16.5 Å². The molecular weight excluding hydrogens is 198 g/mol. The van der Waals surface area contributed by atoms with Gasteiger partial charge in [-0.05, 0) is 30.5 Å². The first-order valence-electron chi connectivity index (χ1n) is 5.74. The average Bonchev–Trinajstić information content (AvgIpc) is 2.72. The van der Waals surface area contributed by atoms with Crippen LogP contribution in [0.3, 0.4) is 0 Å². The number of H-pyrrole nitrogens is 1. The van der Waals surface area contributed by atoms with Gasteiger partial charge in [0.05, 0.1) is 0 Å². The molecule has 0 spiro atoms. The monoisotopic (exact) mass is 217 g/mol. The van der Waals surface area contributed by atoms with E-state index in [1.165, 1.54) is 10.9 Å². The zero-order chi connectivity index (χ0) is 11.5. The van der Waals surface area contributed by atoms with Crippen molar-refractivity contribution in [1.82, 2.24) is 4.98 Å². The van der Waals surface area contributed by atoms with E-state index in [-0.39, 0.29) is 6.04 Å². The molecule has 0 fully saturated rings. The number of nitrogens with two attached hydrogens (primary N) is 2. The van der Waals surface area contributed by atoms with Gasteiger partial charge in [-0.15, -0.1) is 0 Å². The van der Waals surface area contributed by atoms with Crippen LogP contribution in [0.5, 0.6) is 0 Å². The predicted molar refractivity (Wildman–Crippen MR) is 68.1 cm³/mol. The number of aromatic amines is 1. The Morgan fingerprint density at radius 3 is 2.81 bits per heavy atom. The Hall–Kier alpha value is -1.32. The lowest BCUT2D eigenvalue weighted by molar-refractivity contribution is 0.484. The summed E-state index contributed by atoms with van der Waals surface area (Å²) in [6, 6.07) is 8.30. The van der Waals surface area contributed by atoms with Gasteiger partial charge in [0, 0.05) is 23.1 Å². The van der Waals surface area contributed by atoms with Gasteiger partial charge in [-0.25, -0.2) is 0 Å². The van der Waals surface area contributed by atoms with Crippen molar-refractivity contribution in [3.8, 4) is 0 Å². The minimum atomic E-state index is 0.0645. The van der Waals surface area contributed by atoms with Crippen LogP contribution in [-0.4, -0.2) is 11.5 Å². The van der Waals surface area contributed by atoms with Crippen molar-refractivity contribution in [3.63, 3.8) is 0 Å². The molecule has 0 radical (unpaired) electrons. The quantitative estimate of drug-likeness (QED) is 0.734. The number of nitrogens with one attached hydrogen (secondary N) is 1. The average molecular weight is 217 g/mol. The van der Waals surface area contributed by atoms with Crippen LogP contribution in [0.4, 0.5) is 0 Å². The molecule has 5 N–H and O–H groups in total. The van der Waals surface area contributed by atoms with Crippen molar-refractivity contribution in [2.75, 3.05) is 6.54 Å². The van der Waals surface area contributed by atoms with E-state index in [0.29, 0.717) is 12.5 Å². The fourth-order valence-electron chi connectivity index (χ4n) is 2.06. The Morgan fingerprint density at radius 1 is 1.31 bits per heavy atom. The van der Waals surface area contributed by atoms with Crippen molar-refractivity contribution in [3.05, 3.63) is 36.0 Å². The van der Waals surface area contributed by atoms with Crippen molar-refractivity contribution in [1.29, 1.82) is 0 Å². The fourth-order valence-corrected chi connectivity index (χ4v) is 2.06. The van der Waals surface area contributed by atoms with Crippen LogP contribution in [0.1, 0.15) is 24.9 Å². The lowest BCUT2D eigenvalue weighted by Gasteiger charge is -2.15. The first-order chi connectivity index (χ1) is 7.72. The summed E-state index contributed by atoms with van der Waals surface area (Å²) >= 11 is 0. The molecule has 2 aromatic rings. The summed E-state index contributed by atoms with van der Waals surface area (Å²) < 4.78 is 0. The van der Waals surface area contributed by atoms with Crippen LogP contribution in [0, 0.1) is 5.92 Å². The maximum Gasteiger partial charge on any atom is 0.0457 e. The third-order valence-corrected chi connectivity index (χ3v) is 3.08. The molecule has 2 rings (SSSR count). The summed E-state index contributed by atoms with van der Waals surface area (Å²) in [7, 11) is 0. The van der Waals surface area contributed by atoms with E-state index in [1.807, 2.05) is 18.3 Å². The Kier molecular flexibility index (Phi) is 3.27. The Bertz CT molecular complexity index is 461. The van der Waals surface area contributed by atoms with E-state index in [0.717, 1.165) is 11.9 Å². The van der Waals surface area contributed by atoms with E-state index >= 15 is 0 Å². The summed E-state index contributed by atoms with van der Waals surface area (Å²) in [4.78, 5) is 3.25. The molecule has 2 unspecified atom stereocenters. The number of hydrogen-bond donors (Lipinski definition) is 3. The largest absolute Gasteiger partial charge is 0.361 e. The van der Waals surface area contributed by atoms with Gasteiger partial charge in [0.1, 0.15) is 0 Å². The Balaban J connectivity index is 2.26. The minimum absolute atomic E-state index is 0.0645.